The quantitative estimate of drug-likeness (QED) is 0.679. The van der Waals surface area contributed by atoms with Crippen molar-refractivity contribution in [1.82, 2.24) is 5.32 Å². The van der Waals surface area contributed by atoms with Crippen molar-refractivity contribution in [3.8, 4) is 0 Å². The molecule has 2 saturated carbocycles. The topological polar surface area (TPSA) is 92.4 Å². The number of carbonyl (C=O) groups excluding carboxylic acids is 1. The Bertz CT molecular complexity index is 339. The molecule has 1 amide bonds. The number of nitrogens with one attached hydrogen (secondary N) is 1. The third-order valence-corrected chi connectivity index (χ3v) is 4.42. The van der Waals surface area contributed by atoms with Gasteiger partial charge in [-0.3, -0.25) is 9.59 Å². The number of carboxylic acid groups (broad SMARTS) is 1. The van der Waals surface area contributed by atoms with Crippen molar-refractivity contribution < 1.29 is 14.7 Å². The first-order chi connectivity index (χ1) is 8.51. The predicted molar refractivity (Wildman–Crippen MR) is 66.9 cm³/mol. The zero-order chi connectivity index (χ0) is 13.2. The van der Waals surface area contributed by atoms with Crippen molar-refractivity contribution >= 4 is 11.9 Å². The Morgan fingerprint density at radius 3 is 2.50 bits per heavy atom. The van der Waals surface area contributed by atoms with Crippen LogP contribution in [0.15, 0.2) is 0 Å². The molecule has 5 nitrogen and oxygen atoms in total. The molecule has 2 unspecified atom stereocenters. The SMILES string of the molecule is NC1CCC(C(=O)NCC2(CC(=O)O)CCC2)C1. The van der Waals surface area contributed by atoms with E-state index < -0.39 is 5.97 Å². The number of aliphatic carboxylic acids is 1. The Balaban J connectivity index is 1.79. The van der Waals surface area contributed by atoms with Crippen LogP contribution in [0.3, 0.4) is 0 Å². The highest BCUT2D eigenvalue weighted by atomic mass is 16.4. The summed E-state index contributed by atoms with van der Waals surface area (Å²) >= 11 is 0. The zero-order valence-corrected chi connectivity index (χ0v) is 10.7. The molecule has 4 N–H and O–H groups in total. The van der Waals surface area contributed by atoms with Crippen LogP contribution in [0.5, 0.6) is 0 Å². The number of carbonyl (C=O) groups is 2. The normalized spacial score (nSPS) is 29.6. The van der Waals surface area contributed by atoms with Gasteiger partial charge in [-0.15, -0.1) is 0 Å². The molecule has 2 fully saturated rings. The van der Waals surface area contributed by atoms with Crippen LogP contribution in [0.4, 0.5) is 0 Å². The number of amides is 1. The van der Waals surface area contributed by atoms with Crippen LogP contribution in [0, 0.1) is 11.3 Å². The van der Waals surface area contributed by atoms with Gasteiger partial charge in [-0.2, -0.15) is 0 Å². The summed E-state index contributed by atoms with van der Waals surface area (Å²) in [4.78, 5) is 22.8. The molecule has 2 aliphatic carbocycles. The van der Waals surface area contributed by atoms with E-state index in [0.717, 1.165) is 38.5 Å². The number of hydrogen-bond donors (Lipinski definition) is 3. The van der Waals surface area contributed by atoms with Gasteiger partial charge in [0, 0.05) is 18.5 Å². The number of hydrogen-bond acceptors (Lipinski definition) is 3. The standard InChI is InChI=1S/C13H22N2O3/c14-10-3-2-9(6-10)12(18)15-8-13(4-1-5-13)7-11(16)17/h9-10H,1-8,14H2,(H,15,18)(H,16,17). The van der Waals surface area contributed by atoms with Crippen LogP contribution < -0.4 is 11.1 Å². The van der Waals surface area contributed by atoms with Gasteiger partial charge in [0.2, 0.25) is 5.91 Å². The first-order valence-corrected chi connectivity index (χ1v) is 6.76. The largest absolute Gasteiger partial charge is 0.481 e. The highest BCUT2D eigenvalue weighted by molar-refractivity contribution is 5.79. The average molecular weight is 254 g/mol. The van der Waals surface area contributed by atoms with Gasteiger partial charge in [-0.1, -0.05) is 6.42 Å². The van der Waals surface area contributed by atoms with Gasteiger partial charge in [0.15, 0.2) is 0 Å². The fourth-order valence-electron chi connectivity index (χ4n) is 3.09. The van der Waals surface area contributed by atoms with Gasteiger partial charge in [-0.25, -0.2) is 0 Å². The molecule has 0 radical (unpaired) electrons. The Labute approximate surface area is 107 Å². The lowest BCUT2D eigenvalue weighted by Gasteiger charge is -2.41. The molecule has 0 aliphatic heterocycles. The molecule has 0 bridgehead atoms. The van der Waals surface area contributed by atoms with Crippen LogP contribution in [0.1, 0.15) is 44.9 Å². The molecule has 0 aromatic heterocycles. The monoisotopic (exact) mass is 254 g/mol. The number of nitrogens with two attached hydrogens (primary N) is 1. The van der Waals surface area contributed by atoms with E-state index in [2.05, 4.69) is 5.32 Å². The number of rotatable bonds is 5. The molecule has 2 atom stereocenters. The molecular formula is C13H22N2O3. The Morgan fingerprint density at radius 2 is 2.06 bits per heavy atom. The van der Waals surface area contributed by atoms with E-state index in [1.165, 1.54) is 0 Å². The zero-order valence-electron chi connectivity index (χ0n) is 10.7. The summed E-state index contributed by atoms with van der Waals surface area (Å²) in [6, 6.07) is 0.150. The van der Waals surface area contributed by atoms with Crippen molar-refractivity contribution in [3.63, 3.8) is 0 Å². The van der Waals surface area contributed by atoms with E-state index in [9.17, 15) is 9.59 Å². The van der Waals surface area contributed by atoms with Gasteiger partial charge >= 0.3 is 5.97 Å². The molecule has 0 aromatic carbocycles. The lowest BCUT2D eigenvalue weighted by molar-refractivity contribution is -0.142. The predicted octanol–water partition coefficient (Wildman–Crippen LogP) is 0.875. The highest BCUT2D eigenvalue weighted by Gasteiger charge is 2.39. The summed E-state index contributed by atoms with van der Waals surface area (Å²) in [7, 11) is 0. The van der Waals surface area contributed by atoms with Crippen LogP contribution in [-0.4, -0.2) is 29.6 Å². The molecule has 5 heteroatoms. The van der Waals surface area contributed by atoms with E-state index in [1.54, 1.807) is 0 Å². The first kappa shape index (κ1) is 13.3. The summed E-state index contributed by atoms with van der Waals surface area (Å²) in [5.41, 5.74) is 5.60. The maximum absolute atomic E-state index is 11.9. The molecule has 0 saturated heterocycles. The maximum atomic E-state index is 11.9. The minimum Gasteiger partial charge on any atom is -0.481 e. The number of carboxylic acids is 1. The molecule has 102 valence electrons. The molecule has 2 aliphatic rings. The molecular weight excluding hydrogens is 232 g/mol. The van der Waals surface area contributed by atoms with Crippen molar-refractivity contribution in [2.45, 2.75) is 51.0 Å². The first-order valence-electron chi connectivity index (χ1n) is 6.76. The van der Waals surface area contributed by atoms with E-state index >= 15 is 0 Å². The van der Waals surface area contributed by atoms with Crippen molar-refractivity contribution in [3.05, 3.63) is 0 Å². The lowest BCUT2D eigenvalue weighted by Crippen LogP contribution is -2.45. The summed E-state index contributed by atoms with van der Waals surface area (Å²) in [5, 5.41) is 11.8. The van der Waals surface area contributed by atoms with Crippen LogP contribution in [0.2, 0.25) is 0 Å². The molecule has 0 aromatic rings. The second-order valence-corrected chi connectivity index (χ2v) is 5.91. The molecule has 18 heavy (non-hydrogen) atoms. The Morgan fingerprint density at radius 1 is 1.33 bits per heavy atom. The van der Waals surface area contributed by atoms with Gasteiger partial charge in [0.25, 0.3) is 0 Å². The summed E-state index contributed by atoms with van der Waals surface area (Å²) in [6.07, 6.45) is 5.58. The van der Waals surface area contributed by atoms with Crippen LogP contribution >= 0.6 is 0 Å². The molecule has 0 heterocycles. The minimum atomic E-state index is -0.771. The molecule has 0 spiro atoms. The Kier molecular flexibility index (Phi) is 3.90. The average Bonchev–Trinajstić information content (AvgIpc) is 2.68. The summed E-state index contributed by atoms with van der Waals surface area (Å²) < 4.78 is 0. The van der Waals surface area contributed by atoms with Gasteiger partial charge in [0.1, 0.15) is 0 Å². The highest BCUT2D eigenvalue weighted by Crippen LogP contribution is 2.43. The second-order valence-electron chi connectivity index (χ2n) is 5.91. The minimum absolute atomic E-state index is 0.0296. The van der Waals surface area contributed by atoms with Crippen LogP contribution in [0.25, 0.3) is 0 Å². The third-order valence-electron chi connectivity index (χ3n) is 4.42. The summed E-state index contributed by atoms with van der Waals surface area (Å²) in [5.74, 6) is -0.687. The second kappa shape index (κ2) is 5.26. The van der Waals surface area contributed by atoms with Gasteiger partial charge in [0.05, 0.1) is 6.42 Å². The van der Waals surface area contributed by atoms with E-state index in [-0.39, 0.29) is 29.7 Å². The van der Waals surface area contributed by atoms with Gasteiger partial charge in [-0.05, 0) is 37.5 Å². The van der Waals surface area contributed by atoms with E-state index in [0.29, 0.717) is 6.54 Å². The fraction of sp³-hybridized carbons (Fsp3) is 0.846. The third kappa shape index (κ3) is 3.02. The smallest absolute Gasteiger partial charge is 0.303 e. The molecule has 2 rings (SSSR count). The van der Waals surface area contributed by atoms with Crippen molar-refractivity contribution in [2.24, 2.45) is 17.1 Å². The van der Waals surface area contributed by atoms with E-state index in [4.69, 9.17) is 10.8 Å². The van der Waals surface area contributed by atoms with E-state index in [1.807, 2.05) is 0 Å². The van der Waals surface area contributed by atoms with Gasteiger partial charge < -0.3 is 16.2 Å². The fourth-order valence-corrected chi connectivity index (χ4v) is 3.09. The van der Waals surface area contributed by atoms with Crippen molar-refractivity contribution in [1.29, 1.82) is 0 Å². The Hall–Kier alpha value is -1.10. The summed E-state index contributed by atoms with van der Waals surface area (Å²) in [6.45, 7) is 0.504. The van der Waals surface area contributed by atoms with Crippen LogP contribution in [-0.2, 0) is 9.59 Å². The lowest BCUT2D eigenvalue weighted by atomic mass is 9.66. The maximum Gasteiger partial charge on any atom is 0.303 e. The van der Waals surface area contributed by atoms with Crippen molar-refractivity contribution in [2.75, 3.05) is 6.54 Å².